The Labute approximate surface area is 155 Å². The predicted molar refractivity (Wildman–Crippen MR) is 109 cm³/mol. The Kier molecular flexibility index (Phi) is 3.93. The van der Waals surface area contributed by atoms with Crippen molar-refractivity contribution in [3.63, 3.8) is 0 Å². The van der Waals surface area contributed by atoms with Crippen molar-refractivity contribution in [3.8, 4) is 22.4 Å². The first-order valence-corrected chi connectivity index (χ1v) is 8.40. The quantitative estimate of drug-likeness (QED) is 0.284. The highest BCUT2D eigenvalue weighted by atomic mass is 14.8. The number of rotatable bonds is 4. The van der Waals surface area contributed by atoms with Crippen molar-refractivity contribution in [2.75, 3.05) is 0 Å². The van der Waals surface area contributed by atoms with Crippen LogP contribution in [0.5, 0.6) is 0 Å². The number of aromatic amines is 1. The van der Waals surface area contributed by atoms with Crippen molar-refractivity contribution >= 4 is 22.6 Å². The molecule has 0 unspecified atom stereocenters. The van der Waals surface area contributed by atoms with Crippen LogP contribution in [-0.4, -0.2) is 21.6 Å². The van der Waals surface area contributed by atoms with Gasteiger partial charge in [-0.1, -0.05) is 36.4 Å². The van der Waals surface area contributed by atoms with Gasteiger partial charge in [-0.05, 0) is 35.4 Å². The summed E-state index contributed by atoms with van der Waals surface area (Å²) < 4.78 is 0. The molecule has 0 spiro atoms. The second-order valence-electron chi connectivity index (χ2n) is 6.32. The normalized spacial score (nSPS) is 10.8. The Balaban J connectivity index is 1.72. The van der Waals surface area contributed by atoms with Crippen LogP contribution in [-0.2, 0) is 0 Å². The molecule has 4 rings (SSSR count). The van der Waals surface area contributed by atoms with Gasteiger partial charge in [0, 0.05) is 33.9 Å². The van der Waals surface area contributed by atoms with Gasteiger partial charge in [0.1, 0.15) is 17.4 Å². The minimum Gasteiger partial charge on any atom is -0.384 e. The Hall–Kier alpha value is -3.93. The zero-order valence-corrected chi connectivity index (χ0v) is 14.5. The first-order chi connectivity index (χ1) is 13.0. The van der Waals surface area contributed by atoms with Crippen LogP contribution in [0, 0.1) is 10.8 Å². The van der Waals surface area contributed by atoms with Crippen LogP contribution in [0.2, 0.25) is 0 Å². The van der Waals surface area contributed by atoms with Gasteiger partial charge in [0.2, 0.25) is 0 Å². The van der Waals surface area contributed by atoms with Crippen LogP contribution < -0.4 is 11.5 Å². The van der Waals surface area contributed by atoms with Crippen LogP contribution >= 0.6 is 0 Å². The maximum Gasteiger partial charge on any atom is 0.141 e. The molecule has 0 bridgehead atoms. The first kappa shape index (κ1) is 16.5. The summed E-state index contributed by atoms with van der Waals surface area (Å²) in [5.41, 5.74) is 17.2. The van der Waals surface area contributed by atoms with E-state index in [-0.39, 0.29) is 11.7 Å². The largest absolute Gasteiger partial charge is 0.384 e. The van der Waals surface area contributed by atoms with E-state index in [0.29, 0.717) is 11.3 Å². The van der Waals surface area contributed by atoms with E-state index >= 15 is 0 Å². The number of aromatic nitrogens is 2. The average molecular weight is 354 g/mol. The van der Waals surface area contributed by atoms with Crippen LogP contribution in [0.3, 0.4) is 0 Å². The molecular formula is C21H18N6. The van der Waals surface area contributed by atoms with Gasteiger partial charge >= 0.3 is 0 Å². The predicted octanol–water partition coefficient (Wildman–Crippen LogP) is 3.47. The molecule has 0 aliphatic rings. The summed E-state index contributed by atoms with van der Waals surface area (Å²) in [6, 6.07) is 19.6. The highest BCUT2D eigenvalue weighted by Crippen LogP contribution is 2.28. The van der Waals surface area contributed by atoms with E-state index in [0.717, 1.165) is 33.3 Å². The third kappa shape index (κ3) is 3.16. The van der Waals surface area contributed by atoms with E-state index in [4.69, 9.17) is 22.3 Å². The minimum atomic E-state index is -0.0516. The maximum absolute atomic E-state index is 7.55. The van der Waals surface area contributed by atoms with Crippen molar-refractivity contribution in [2.45, 2.75) is 0 Å². The zero-order valence-electron chi connectivity index (χ0n) is 14.5. The topological polar surface area (TPSA) is 128 Å². The number of fused-ring (bicyclic) bond motifs is 1. The molecule has 0 amide bonds. The number of nitrogen functional groups attached to an aromatic ring is 2. The average Bonchev–Trinajstić information content (AvgIpc) is 3.11. The van der Waals surface area contributed by atoms with Crippen molar-refractivity contribution < 1.29 is 0 Å². The van der Waals surface area contributed by atoms with Gasteiger partial charge in [-0.15, -0.1) is 0 Å². The van der Waals surface area contributed by atoms with Crippen LogP contribution in [0.25, 0.3) is 33.3 Å². The fourth-order valence-corrected chi connectivity index (χ4v) is 3.05. The molecular weight excluding hydrogens is 336 g/mol. The fraction of sp³-hybridized carbons (Fsp3) is 0. The van der Waals surface area contributed by atoms with E-state index in [2.05, 4.69) is 34.2 Å². The van der Waals surface area contributed by atoms with Gasteiger partial charge in [-0.3, -0.25) is 15.8 Å². The van der Waals surface area contributed by atoms with Crippen molar-refractivity contribution in [1.29, 1.82) is 10.8 Å². The minimum absolute atomic E-state index is 0.0516. The zero-order chi connectivity index (χ0) is 19.0. The number of pyridine rings is 1. The summed E-state index contributed by atoms with van der Waals surface area (Å²) in [5.74, 6) is 0.0116. The third-order valence-corrected chi connectivity index (χ3v) is 4.50. The molecule has 2 aromatic carbocycles. The summed E-state index contributed by atoms with van der Waals surface area (Å²) in [6.07, 6.45) is 1.65. The smallest absolute Gasteiger partial charge is 0.141 e. The molecule has 2 aromatic heterocycles. The fourth-order valence-electron chi connectivity index (χ4n) is 3.05. The second-order valence-corrected chi connectivity index (χ2v) is 6.32. The Morgan fingerprint density at radius 1 is 0.778 bits per heavy atom. The third-order valence-electron chi connectivity index (χ3n) is 4.50. The highest BCUT2D eigenvalue weighted by Gasteiger charge is 2.08. The van der Waals surface area contributed by atoms with Gasteiger partial charge in [0.15, 0.2) is 0 Å². The van der Waals surface area contributed by atoms with Crippen LogP contribution in [0.1, 0.15) is 11.3 Å². The molecule has 2 heterocycles. The van der Waals surface area contributed by atoms with Crippen LogP contribution in [0.15, 0.2) is 66.9 Å². The summed E-state index contributed by atoms with van der Waals surface area (Å²) in [5, 5.41) is 16.1. The molecule has 6 nitrogen and oxygen atoms in total. The monoisotopic (exact) mass is 354 g/mol. The van der Waals surface area contributed by atoms with Crippen molar-refractivity contribution in [1.82, 2.24) is 9.97 Å². The number of nitrogens with two attached hydrogens (primary N) is 2. The van der Waals surface area contributed by atoms with Crippen molar-refractivity contribution in [3.05, 3.63) is 78.1 Å². The summed E-state index contributed by atoms with van der Waals surface area (Å²) in [6.45, 7) is 0. The molecule has 7 N–H and O–H groups in total. The van der Waals surface area contributed by atoms with Gasteiger partial charge in [-0.25, -0.2) is 0 Å². The Morgan fingerprint density at radius 3 is 2.22 bits per heavy atom. The molecule has 0 fully saturated rings. The van der Waals surface area contributed by atoms with E-state index in [1.807, 2.05) is 30.3 Å². The Bertz CT molecular complexity index is 1170. The number of hydrogen-bond acceptors (Lipinski definition) is 3. The SMILES string of the molecule is N=C(N)c1ccc(-c2ccc3cc(-c4ccnc(C(=N)N)c4)[nH]c3c2)cc1. The molecule has 132 valence electrons. The lowest BCUT2D eigenvalue weighted by Gasteiger charge is -2.04. The molecule has 0 saturated heterocycles. The number of nitrogens with one attached hydrogen (secondary N) is 3. The molecule has 27 heavy (non-hydrogen) atoms. The molecule has 0 radical (unpaired) electrons. The van der Waals surface area contributed by atoms with E-state index in [1.54, 1.807) is 12.3 Å². The van der Waals surface area contributed by atoms with E-state index in [9.17, 15) is 0 Å². The number of benzene rings is 2. The summed E-state index contributed by atoms with van der Waals surface area (Å²) >= 11 is 0. The number of hydrogen-bond donors (Lipinski definition) is 5. The number of nitrogens with zero attached hydrogens (tertiary/aromatic N) is 1. The molecule has 0 atom stereocenters. The lowest BCUT2D eigenvalue weighted by atomic mass is 10.0. The molecule has 4 aromatic rings. The Morgan fingerprint density at radius 2 is 1.52 bits per heavy atom. The van der Waals surface area contributed by atoms with E-state index in [1.165, 1.54) is 0 Å². The lowest BCUT2D eigenvalue weighted by molar-refractivity contribution is 1.25. The number of H-pyrrole nitrogens is 1. The van der Waals surface area contributed by atoms with Gasteiger partial charge in [0.25, 0.3) is 0 Å². The van der Waals surface area contributed by atoms with Gasteiger partial charge in [0.05, 0.1) is 0 Å². The van der Waals surface area contributed by atoms with E-state index < -0.39 is 0 Å². The standard InChI is InChI=1S/C21H18N6/c22-20(23)13-3-1-12(2-4-13)14-5-6-15-10-18(27-17(15)9-14)16-7-8-26-19(11-16)21(24)25/h1-11,27H,(H3,22,23)(H3,24,25). The van der Waals surface area contributed by atoms with Crippen LogP contribution in [0.4, 0.5) is 0 Å². The summed E-state index contributed by atoms with van der Waals surface area (Å²) in [4.78, 5) is 7.53. The lowest BCUT2D eigenvalue weighted by Crippen LogP contribution is -2.12. The van der Waals surface area contributed by atoms with Gasteiger partial charge in [-0.2, -0.15) is 0 Å². The highest BCUT2D eigenvalue weighted by molar-refractivity contribution is 5.96. The van der Waals surface area contributed by atoms with Crippen molar-refractivity contribution in [2.24, 2.45) is 11.5 Å². The maximum atomic E-state index is 7.55. The molecule has 0 saturated carbocycles. The molecule has 6 heteroatoms. The second kappa shape index (κ2) is 6.42. The molecule has 0 aliphatic heterocycles. The molecule has 0 aliphatic carbocycles. The first-order valence-electron chi connectivity index (χ1n) is 8.40. The van der Waals surface area contributed by atoms with Gasteiger partial charge < -0.3 is 16.5 Å². The summed E-state index contributed by atoms with van der Waals surface area (Å²) in [7, 11) is 0. The number of amidine groups is 2.